The Balaban J connectivity index is 1.29. The first-order valence-corrected chi connectivity index (χ1v) is 16.6. The lowest BCUT2D eigenvalue weighted by molar-refractivity contribution is -0.137. The molecule has 1 aliphatic carbocycles. The van der Waals surface area contributed by atoms with Gasteiger partial charge in [0.1, 0.15) is 17.9 Å². The van der Waals surface area contributed by atoms with E-state index in [4.69, 9.17) is 0 Å². The van der Waals surface area contributed by atoms with Gasteiger partial charge < -0.3 is 31.1 Å². The van der Waals surface area contributed by atoms with Crippen LogP contribution in [0.2, 0.25) is 0 Å². The SMILES string of the molecule is CCC(=O)N[C@H](Cc1ccc(NC(=O)[C@@H](NC(=O)c2nn(C)c3c2CNCC3)C2CCCCC2)c(F)c1)C(=O)N1CCN(C)CC1. The van der Waals surface area contributed by atoms with Gasteiger partial charge in [-0.3, -0.25) is 23.9 Å². The van der Waals surface area contributed by atoms with E-state index in [0.29, 0.717) is 30.9 Å². The lowest BCUT2D eigenvalue weighted by Gasteiger charge is -2.34. The molecule has 1 aromatic carbocycles. The molecular formula is C33H47FN8O4. The Bertz CT molecular complexity index is 1430. The van der Waals surface area contributed by atoms with Crippen molar-refractivity contribution in [1.29, 1.82) is 0 Å². The maximum absolute atomic E-state index is 15.5. The van der Waals surface area contributed by atoms with E-state index >= 15 is 4.39 Å². The zero-order chi connectivity index (χ0) is 32.8. The van der Waals surface area contributed by atoms with Gasteiger partial charge in [0.05, 0.1) is 5.69 Å². The van der Waals surface area contributed by atoms with Crippen molar-refractivity contribution < 1.29 is 23.6 Å². The number of rotatable bonds is 10. The normalized spacial score (nSPS) is 18.7. The number of carbonyl (C=O) groups is 4. The molecular weight excluding hydrogens is 591 g/mol. The average molecular weight is 639 g/mol. The first-order chi connectivity index (χ1) is 22.1. The van der Waals surface area contributed by atoms with Crippen LogP contribution in [-0.4, -0.2) is 95.1 Å². The average Bonchev–Trinajstić information content (AvgIpc) is 3.41. The van der Waals surface area contributed by atoms with Gasteiger partial charge in [-0.15, -0.1) is 0 Å². The molecule has 13 heteroatoms. The van der Waals surface area contributed by atoms with E-state index in [1.807, 2.05) is 14.1 Å². The van der Waals surface area contributed by atoms with Gasteiger partial charge >= 0.3 is 0 Å². The third-order valence-corrected chi connectivity index (χ3v) is 9.52. The summed E-state index contributed by atoms with van der Waals surface area (Å²) in [6, 6.07) is 2.74. The number of hydrogen-bond donors (Lipinski definition) is 4. The van der Waals surface area contributed by atoms with Crippen LogP contribution < -0.4 is 21.3 Å². The van der Waals surface area contributed by atoms with Crippen molar-refractivity contribution in [2.24, 2.45) is 13.0 Å². The van der Waals surface area contributed by atoms with E-state index in [2.05, 4.69) is 31.3 Å². The van der Waals surface area contributed by atoms with E-state index in [1.54, 1.807) is 22.6 Å². The van der Waals surface area contributed by atoms with Gasteiger partial charge in [0, 0.05) is 76.8 Å². The lowest BCUT2D eigenvalue weighted by Crippen LogP contribution is -2.54. The van der Waals surface area contributed by atoms with Gasteiger partial charge in [-0.1, -0.05) is 32.3 Å². The monoisotopic (exact) mass is 638 g/mol. The molecule has 0 bridgehead atoms. The van der Waals surface area contributed by atoms with E-state index < -0.39 is 29.7 Å². The molecule has 0 unspecified atom stereocenters. The highest BCUT2D eigenvalue weighted by molar-refractivity contribution is 6.01. The molecule has 0 radical (unpaired) electrons. The van der Waals surface area contributed by atoms with Crippen molar-refractivity contribution in [2.75, 3.05) is 45.1 Å². The summed E-state index contributed by atoms with van der Waals surface area (Å²) in [5.41, 5.74) is 2.67. The van der Waals surface area contributed by atoms with Gasteiger partial charge in [0.2, 0.25) is 17.7 Å². The summed E-state index contributed by atoms with van der Waals surface area (Å²) in [4.78, 5) is 56.7. The van der Waals surface area contributed by atoms with E-state index in [0.717, 1.165) is 69.4 Å². The fraction of sp³-hybridized carbons (Fsp3) is 0.606. The zero-order valence-corrected chi connectivity index (χ0v) is 27.2. The predicted octanol–water partition coefficient (Wildman–Crippen LogP) is 1.73. The Morgan fingerprint density at radius 1 is 1.04 bits per heavy atom. The summed E-state index contributed by atoms with van der Waals surface area (Å²) in [5.74, 6) is -2.07. The zero-order valence-electron chi connectivity index (χ0n) is 27.2. The number of carbonyl (C=O) groups excluding carboxylic acids is 4. The van der Waals surface area contributed by atoms with Crippen molar-refractivity contribution in [3.8, 4) is 0 Å². The van der Waals surface area contributed by atoms with Crippen LogP contribution in [0, 0.1) is 11.7 Å². The molecule has 2 aliphatic heterocycles. The second kappa shape index (κ2) is 15.2. The highest BCUT2D eigenvalue weighted by Gasteiger charge is 2.34. The molecule has 5 rings (SSSR count). The van der Waals surface area contributed by atoms with Crippen molar-refractivity contribution in [3.05, 3.63) is 46.5 Å². The second-order valence-corrected chi connectivity index (χ2v) is 12.8. The molecule has 4 N–H and O–H groups in total. The van der Waals surface area contributed by atoms with Crippen LogP contribution in [0.15, 0.2) is 18.2 Å². The largest absolute Gasteiger partial charge is 0.344 e. The maximum Gasteiger partial charge on any atom is 0.272 e. The highest BCUT2D eigenvalue weighted by Crippen LogP contribution is 2.28. The Kier molecular flexibility index (Phi) is 11.1. The smallest absolute Gasteiger partial charge is 0.272 e. The Morgan fingerprint density at radius 2 is 1.78 bits per heavy atom. The number of aromatic nitrogens is 2. The molecule has 250 valence electrons. The molecule has 12 nitrogen and oxygen atoms in total. The molecule has 0 spiro atoms. The van der Waals surface area contributed by atoms with Crippen molar-refractivity contribution in [1.82, 2.24) is 35.5 Å². The second-order valence-electron chi connectivity index (χ2n) is 12.8. The first-order valence-electron chi connectivity index (χ1n) is 16.6. The minimum Gasteiger partial charge on any atom is -0.344 e. The van der Waals surface area contributed by atoms with Gasteiger partial charge in [0.15, 0.2) is 5.69 Å². The number of anilines is 1. The van der Waals surface area contributed by atoms with Crippen LogP contribution in [0.25, 0.3) is 0 Å². The molecule has 46 heavy (non-hydrogen) atoms. The van der Waals surface area contributed by atoms with Crippen LogP contribution >= 0.6 is 0 Å². The Hall–Kier alpha value is -3.84. The fourth-order valence-electron chi connectivity index (χ4n) is 6.76. The minimum absolute atomic E-state index is 0.0113. The number of likely N-dealkylation sites (N-methyl/N-ethyl adjacent to an activating group) is 1. The van der Waals surface area contributed by atoms with Crippen LogP contribution in [0.3, 0.4) is 0 Å². The van der Waals surface area contributed by atoms with Crippen molar-refractivity contribution >= 4 is 29.3 Å². The molecule has 1 saturated heterocycles. The molecule has 3 heterocycles. The number of benzene rings is 1. The number of piperazine rings is 1. The van der Waals surface area contributed by atoms with Gasteiger partial charge in [-0.2, -0.15) is 5.10 Å². The third-order valence-electron chi connectivity index (χ3n) is 9.52. The van der Waals surface area contributed by atoms with Gasteiger partial charge in [-0.05, 0) is 43.5 Å². The number of nitrogens with one attached hydrogen (secondary N) is 4. The molecule has 2 fully saturated rings. The lowest BCUT2D eigenvalue weighted by atomic mass is 9.83. The van der Waals surface area contributed by atoms with Crippen LogP contribution in [-0.2, 0) is 40.8 Å². The van der Waals surface area contributed by atoms with Gasteiger partial charge in [0.25, 0.3) is 5.91 Å². The van der Waals surface area contributed by atoms with Crippen LogP contribution in [0.4, 0.5) is 10.1 Å². The number of amides is 4. The predicted molar refractivity (Wildman–Crippen MR) is 171 cm³/mol. The summed E-state index contributed by atoms with van der Waals surface area (Å²) in [6.07, 6.45) is 5.67. The molecule has 3 aliphatic rings. The summed E-state index contributed by atoms with van der Waals surface area (Å²) in [5, 5.41) is 16.2. The topological polar surface area (TPSA) is 141 Å². The van der Waals surface area contributed by atoms with Crippen molar-refractivity contribution in [2.45, 2.75) is 76.9 Å². The Labute approximate surface area is 269 Å². The number of aryl methyl sites for hydroxylation is 1. The van der Waals surface area contributed by atoms with E-state index in [9.17, 15) is 19.2 Å². The quantitative estimate of drug-likeness (QED) is 0.311. The number of fused-ring (bicyclic) bond motifs is 1. The molecule has 4 amide bonds. The number of halogens is 1. The minimum atomic E-state index is -0.851. The summed E-state index contributed by atoms with van der Waals surface area (Å²) in [6.45, 7) is 5.67. The van der Waals surface area contributed by atoms with Crippen LogP contribution in [0.1, 0.15) is 72.8 Å². The molecule has 1 aromatic heterocycles. The number of hydrogen-bond acceptors (Lipinski definition) is 7. The summed E-state index contributed by atoms with van der Waals surface area (Å²) in [7, 11) is 3.82. The highest BCUT2D eigenvalue weighted by atomic mass is 19.1. The Morgan fingerprint density at radius 3 is 2.48 bits per heavy atom. The van der Waals surface area contributed by atoms with Crippen molar-refractivity contribution in [3.63, 3.8) is 0 Å². The molecule has 1 saturated carbocycles. The fourth-order valence-corrected chi connectivity index (χ4v) is 6.76. The molecule has 2 atom stereocenters. The maximum atomic E-state index is 15.5. The van der Waals surface area contributed by atoms with E-state index in [1.165, 1.54) is 12.1 Å². The standard InChI is InChI=1S/C33H47FN8O4/c1-4-28(43)36-26(33(46)42-16-14-40(2)15-17-42)19-21-10-11-25(24(34)18-21)37-31(44)29(22-8-6-5-7-9-22)38-32(45)30-23-20-35-13-12-27(23)41(3)39-30/h10-11,18,22,26,29,35H,4-9,12-17,19-20H2,1-3H3,(H,36,43)(H,37,44)(H,38,45)/t26-,29+/m1/s1. The first kappa shape index (κ1) is 33.5. The third kappa shape index (κ3) is 7.92. The summed E-state index contributed by atoms with van der Waals surface area (Å²) >= 11 is 0. The van der Waals surface area contributed by atoms with Gasteiger partial charge in [-0.25, -0.2) is 4.39 Å². The number of nitrogens with zero attached hydrogens (tertiary/aromatic N) is 4. The van der Waals surface area contributed by atoms with E-state index in [-0.39, 0.29) is 36.3 Å². The summed E-state index contributed by atoms with van der Waals surface area (Å²) < 4.78 is 17.2. The van der Waals surface area contributed by atoms with Crippen LogP contribution in [0.5, 0.6) is 0 Å². The molecule has 2 aromatic rings.